The number of furan rings is 2. The molecule has 0 spiro atoms. The van der Waals surface area contributed by atoms with Gasteiger partial charge in [0.2, 0.25) is 0 Å². The van der Waals surface area contributed by atoms with Crippen LogP contribution in [0.3, 0.4) is 0 Å². The average molecular weight is 408 g/mol. The lowest BCUT2D eigenvalue weighted by molar-refractivity contribution is 0.0997. The minimum absolute atomic E-state index is 0.145. The van der Waals surface area contributed by atoms with Crippen molar-refractivity contribution in [2.75, 3.05) is 5.32 Å². The molecule has 2 aromatic heterocycles. The number of halogens is 1. The zero-order valence-electron chi connectivity index (χ0n) is 15.6. The van der Waals surface area contributed by atoms with Gasteiger partial charge in [0.05, 0.1) is 0 Å². The molecule has 146 valence electrons. The first-order chi connectivity index (χ1) is 14.0. The summed E-state index contributed by atoms with van der Waals surface area (Å²) in [7, 11) is 0. The fourth-order valence-electron chi connectivity index (χ4n) is 2.89. The lowest BCUT2D eigenvalue weighted by Gasteiger charge is -2.05. The zero-order chi connectivity index (χ0) is 20.4. The first-order valence-corrected chi connectivity index (χ1v) is 9.39. The Hall–Kier alpha value is -3.28. The highest BCUT2D eigenvalue weighted by Crippen LogP contribution is 2.28. The number of aryl methyl sites for hydroxylation is 1. The van der Waals surface area contributed by atoms with Crippen LogP contribution in [0.1, 0.15) is 21.9 Å². The predicted molar refractivity (Wildman–Crippen MR) is 112 cm³/mol. The van der Waals surface area contributed by atoms with Crippen LogP contribution in [0.2, 0.25) is 5.02 Å². The largest absolute Gasteiger partial charge is 0.459 e. The summed E-state index contributed by atoms with van der Waals surface area (Å²) in [6.07, 6.45) is 0. The van der Waals surface area contributed by atoms with Crippen molar-refractivity contribution < 1.29 is 18.7 Å². The SMILES string of the molecule is Cc1ccc(-c2ccc(C(=O)Nc3ccc(-c4ccc(CO)o4)cc3)o2)cc1Cl. The Morgan fingerprint density at radius 3 is 2.31 bits per heavy atom. The molecule has 6 heteroatoms. The molecule has 0 atom stereocenters. The van der Waals surface area contributed by atoms with E-state index in [2.05, 4.69) is 5.32 Å². The van der Waals surface area contributed by atoms with Crippen LogP contribution in [0.15, 0.2) is 75.6 Å². The van der Waals surface area contributed by atoms with Gasteiger partial charge in [0.25, 0.3) is 5.91 Å². The molecule has 0 unspecified atom stereocenters. The summed E-state index contributed by atoms with van der Waals surface area (Å²) < 4.78 is 11.2. The van der Waals surface area contributed by atoms with Gasteiger partial charge in [0.1, 0.15) is 23.9 Å². The van der Waals surface area contributed by atoms with Gasteiger partial charge in [0.15, 0.2) is 5.76 Å². The number of rotatable bonds is 5. The summed E-state index contributed by atoms with van der Waals surface area (Å²) in [6, 6.07) is 19.7. The quantitative estimate of drug-likeness (QED) is 0.431. The van der Waals surface area contributed by atoms with E-state index in [0.717, 1.165) is 16.7 Å². The molecular weight excluding hydrogens is 390 g/mol. The Morgan fingerprint density at radius 2 is 1.62 bits per heavy atom. The van der Waals surface area contributed by atoms with Gasteiger partial charge < -0.3 is 19.3 Å². The number of hydrogen-bond donors (Lipinski definition) is 2. The molecule has 0 radical (unpaired) electrons. The highest BCUT2D eigenvalue weighted by molar-refractivity contribution is 6.31. The van der Waals surface area contributed by atoms with E-state index in [-0.39, 0.29) is 18.3 Å². The monoisotopic (exact) mass is 407 g/mol. The third kappa shape index (κ3) is 4.11. The smallest absolute Gasteiger partial charge is 0.291 e. The Morgan fingerprint density at radius 1 is 0.931 bits per heavy atom. The van der Waals surface area contributed by atoms with Gasteiger partial charge in [-0.25, -0.2) is 0 Å². The van der Waals surface area contributed by atoms with Gasteiger partial charge >= 0.3 is 0 Å². The average Bonchev–Trinajstić information content (AvgIpc) is 3.40. The number of hydrogen-bond acceptors (Lipinski definition) is 4. The number of anilines is 1. The van der Waals surface area contributed by atoms with Crippen molar-refractivity contribution in [3.8, 4) is 22.6 Å². The third-order valence-electron chi connectivity index (χ3n) is 4.53. The maximum absolute atomic E-state index is 12.5. The lowest BCUT2D eigenvalue weighted by atomic mass is 10.1. The maximum Gasteiger partial charge on any atom is 0.291 e. The van der Waals surface area contributed by atoms with Gasteiger partial charge in [-0.3, -0.25) is 4.79 Å². The first kappa shape index (κ1) is 19.1. The van der Waals surface area contributed by atoms with Crippen molar-refractivity contribution >= 4 is 23.2 Å². The summed E-state index contributed by atoms with van der Waals surface area (Å²) in [5.74, 6) is 1.59. The van der Waals surface area contributed by atoms with Crippen LogP contribution in [0.4, 0.5) is 5.69 Å². The predicted octanol–water partition coefficient (Wildman–Crippen LogP) is 5.91. The Balaban J connectivity index is 1.46. The van der Waals surface area contributed by atoms with Gasteiger partial charge in [-0.1, -0.05) is 23.7 Å². The summed E-state index contributed by atoms with van der Waals surface area (Å²) in [5, 5.41) is 12.5. The maximum atomic E-state index is 12.5. The number of carbonyl (C=O) groups excluding carboxylic acids is 1. The van der Waals surface area contributed by atoms with E-state index >= 15 is 0 Å². The van der Waals surface area contributed by atoms with Gasteiger partial charge in [0, 0.05) is 21.8 Å². The number of nitrogens with one attached hydrogen (secondary N) is 1. The molecule has 1 amide bonds. The Kier molecular flexibility index (Phi) is 5.25. The summed E-state index contributed by atoms with van der Waals surface area (Å²) in [4.78, 5) is 12.5. The van der Waals surface area contributed by atoms with E-state index in [1.165, 1.54) is 0 Å². The number of carbonyl (C=O) groups is 1. The van der Waals surface area contributed by atoms with Crippen LogP contribution >= 0.6 is 11.6 Å². The van der Waals surface area contributed by atoms with Gasteiger partial charge in [-0.05, 0) is 67.1 Å². The minimum atomic E-state index is -0.345. The molecule has 0 bridgehead atoms. The number of aliphatic hydroxyl groups is 1. The fraction of sp³-hybridized carbons (Fsp3) is 0.0870. The molecule has 0 aliphatic carbocycles. The molecule has 0 aliphatic heterocycles. The van der Waals surface area contributed by atoms with Crippen LogP contribution in [0, 0.1) is 6.92 Å². The second kappa shape index (κ2) is 7.99. The fourth-order valence-corrected chi connectivity index (χ4v) is 3.07. The molecular formula is C23H18ClNO4. The van der Waals surface area contributed by atoms with E-state index in [1.807, 2.05) is 37.3 Å². The van der Waals surface area contributed by atoms with Crippen molar-refractivity contribution in [3.05, 3.63) is 88.8 Å². The molecule has 29 heavy (non-hydrogen) atoms. The van der Waals surface area contributed by atoms with E-state index in [0.29, 0.717) is 28.0 Å². The van der Waals surface area contributed by atoms with E-state index in [9.17, 15) is 4.79 Å². The van der Waals surface area contributed by atoms with Gasteiger partial charge in [-0.2, -0.15) is 0 Å². The molecule has 2 heterocycles. The molecule has 0 fully saturated rings. The van der Waals surface area contributed by atoms with Crippen molar-refractivity contribution in [1.82, 2.24) is 0 Å². The second-order valence-electron chi connectivity index (χ2n) is 6.58. The Labute approximate surface area is 172 Å². The molecule has 0 aliphatic rings. The standard InChI is InChI=1S/C23H18ClNO4/c1-14-2-3-16(12-19(14)24)21-10-11-22(29-21)23(27)25-17-6-4-15(5-7-17)20-9-8-18(13-26)28-20/h2-12,26H,13H2,1H3,(H,25,27). The van der Waals surface area contributed by atoms with E-state index in [1.54, 1.807) is 36.4 Å². The lowest BCUT2D eigenvalue weighted by Crippen LogP contribution is -2.10. The molecule has 0 saturated heterocycles. The van der Waals surface area contributed by atoms with Crippen molar-refractivity contribution in [3.63, 3.8) is 0 Å². The van der Waals surface area contributed by atoms with Crippen molar-refractivity contribution in [1.29, 1.82) is 0 Å². The van der Waals surface area contributed by atoms with Crippen molar-refractivity contribution in [2.24, 2.45) is 0 Å². The third-order valence-corrected chi connectivity index (χ3v) is 4.94. The van der Waals surface area contributed by atoms with Crippen LogP contribution in [-0.2, 0) is 6.61 Å². The number of amides is 1. The minimum Gasteiger partial charge on any atom is -0.459 e. The topological polar surface area (TPSA) is 75.6 Å². The zero-order valence-corrected chi connectivity index (χ0v) is 16.4. The normalized spacial score (nSPS) is 10.9. The first-order valence-electron chi connectivity index (χ1n) is 9.01. The van der Waals surface area contributed by atoms with Crippen LogP contribution < -0.4 is 5.32 Å². The summed E-state index contributed by atoms with van der Waals surface area (Å²) >= 11 is 6.17. The Bertz CT molecular complexity index is 1160. The molecule has 2 aromatic carbocycles. The number of benzene rings is 2. The van der Waals surface area contributed by atoms with Crippen LogP contribution in [0.25, 0.3) is 22.6 Å². The summed E-state index contributed by atoms with van der Waals surface area (Å²) in [6.45, 7) is 1.78. The molecule has 5 nitrogen and oxygen atoms in total. The molecule has 2 N–H and O–H groups in total. The highest BCUT2D eigenvalue weighted by atomic mass is 35.5. The van der Waals surface area contributed by atoms with Gasteiger partial charge in [-0.15, -0.1) is 0 Å². The van der Waals surface area contributed by atoms with Crippen LogP contribution in [-0.4, -0.2) is 11.0 Å². The van der Waals surface area contributed by atoms with E-state index < -0.39 is 0 Å². The highest BCUT2D eigenvalue weighted by Gasteiger charge is 2.13. The molecule has 4 aromatic rings. The van der Waals surface area contributed by atoms with E-state index in [4.69, 9.17) is 25.5 Å². The summed E-state index contributed by atoms with van der Waals surface area (Å²) in [5.41, 5.74) is 3.26. The molecule has 0 saturated carbocycles. The van der Waals surface area contributed by atoms with Crippen LogP contribution in [0.5, 0.6) is 0 Å². The molecule has 4 rings (SSSR count). The second-order valence-corrected chi connectivity index (χ2v) is 6.99. The number of aliphatic hydroxyl groups excluding tert-OH is 1. The van der Waals surface area contributed by atoms with Crippen molar-refractivity contribution in [2.45, 2.75) is 13.5 Å².